The molecule has 6 nitrogen and oxygen atoms in total. The number of hydrogen-bond donors (Lipinski definition) is 1. The minimum Gasteiger partial charge on any atom is -0.377 e. The molecule has 0 atom stereocenters. The molecule has 0 saturated heterocycles. The van der Waals surface area contributed by atoms with Crippen LogP contribution in [0.25, 0.3) is 4.96 Å². The Balaban J connectivity index is 2.05. The number of nitrogens with zero attached hydrogens (tertiary/aromatic N) is 4. The van der Waals surface area contributed by atoms with E-state index in [2.05, 4.69) is 29.1 Å². The summed E-state index contributed by atoms with van der Waals surface area (Å²) >= 11 is 1.59. The summed E-state index contributed by atoms with van der Waals surface area (Å²) in [5.74, 6) is 0.751. The van der Waals surface area contributed by atoms with Gasteiger partial charge in [-0.05, 0) is 24.8 Å². The Bertz CT molecular complexity index is 533. The molecule has 0 aliphatic heterocycles. The molecule has 106 valence electrons. The van der Waals surface area contributed by atoms with Gasteiger partial charge in [-0.2, -0.15) is 9.61 Å². The van der Waals surface area contributed by atoms with E-state index in [4.69, 9.17) is 10.5 Å². The molecule has 0 saturated carbocycles. The summed E-state index contributed by atoms with van der Waals surface area (Å²) in [7, 11) is 1.64. The minimum absolute atomic E-state index is 0.260. The summed E-state index contributed by atoms with van der Waals surface area (Å²) in [6, 6.07) is 0. The summed E-state index contributed by atoms with van der Waals surface area (Å²) in [5.41, 5.74) is 5.89. The van der Waals surface area contributed by atoms with Gasteiger partial charge in [-0.3, -0.25) is 0 Å². The van der Waals surface area contributed by atoms with Crippen LogP contribution in [0.1, 0.15) is 37.5 Å². The van der Waals surface area contributed by atoms with Crippen LogP contribution in [0.3, 0.4) is 0 Å². The van der Waals surface area contributed by atoms with Gasteiger partial charge in [0, 0.05) is 13.5 Å². The first-order chi connectivity index (χ1) is 9.05. The molecule has 2 N–H and O–H groups in total. The van der Waals surface area contributed by atoms with E-state index in [1.807, 2.05) is 0 Å². The van der Waals surface area contributed by atoms with Crippen LogP contribution < -0.4 is 5.73 Å². The highest BCUT2D eigenvalue weighted by molar-refractivity contribution is 7.16. The van der Waals surface area contributed by atoms with Crippen LogP contribution >= 0.6 is 11.3 Å². The van der Waals surface area contributed by atoms with Crippen LogP contribution in [0.4, 0.5) is 0 Å². The van der Waals surface area contributed by atoms with Crippen LogP contribution in [0.2, 0.25) is 0 Å². The summed E-state index contributed by atoms with van der Waals surface area (Å²) in [6.45, 7) is 5.66. The Kier molecular flexibility index (Phi) is 4.49. The maximum Gasteiger partial charge on any atom is 0.234 e. The molecule has 0 unspecified atom stereocenters. The summed E-state index contributed by atoms with van der Waals surface area (Å²) in [4.78, 5) is 0.832. The third-order valence-electron chi connectivity index (χ3n) is 3.21. The van der Waals surface area contributed by atoms with Crippen molar-refractivity contribution in [3.05, 3.63) is 10.8 Å². The average molecular weight is 283 g/mol. The van der Waals surface area contributed by atoms with Crippen molar-refractivity contribution in [1.82, 2.24) is 19.8 Å². The van der Waals surface area contributed by atoms with E-state index in [-0.39, 0.29) is 5.41 Å². The lowest BCUT2D eigenvalue weighted by Crippen LogP contribution is -2.17. The zero-order chi connectivity index (χ0) is 13.9. The number of rotatable bonds is 7. The molecule has 2 aromatic heterocycles. The third-order valence-corrected chi connectivity index (χ3v) is 4.17. The van der Waals surface area contributed by atoms with Crippen molar-refractivity contribution in [2.75, 3.05) is 13.7 Å². The van der Waals surface area contributed by atoms with Crippen molar-refractivity contribution in [2.24, 2.45) is 11.1 Å². The molecule has 0 aromatic carbocycles. The zero-order valence-corrected chi connectivity index (χ0v) is 12.5. The normalized spacial score (nSPS) is 12.4. The number of methoxy groups -OCH3 is 1. The largest absolute Gasteiger partial charge is 0.377 e. The first-order valence-corrected chi connectivity index (χ1v) is 7.26. The minimum atomic E-state index is 0.260. The Morgan fingerprint density at radius 1 is 1.32 bits per heavy atom. The first-order valence-electron chi connectivity index (χ1n) is 6.45. The van der Waals surface area contributed by atoms with Gasteiger partial charge in [-0.15, -0.1) is 10.2 Å². The van der Waals surface area contributed by atoms with Gasteiger partial charge < -0.3 is 10.5 Å². The number of fused-ring (bicyclic) bond motifs is 1. The molecule has 0 amide bonds. The molecule has 0 aliphatic carbocycles. The topological polar surface area (TPSA) is 78.3 Å². The lowest BCUT2D eigenvalue weighted by atomic mass is 9.84. The van der Waals surface area contributed by atoms with E-state index < -0.39 is 0 Å². The predicted molar refractivity (Wildman–Crippen MR) is 75.1 cm³/mol. The first kappa shape index (κ1) is 14.4. The number of hydrogen-bond acceptors (Lipinski definition) is 6. The summed E-state index contributed by atoms with van der Waals surface area (Å²) < 4.78 is 6.85. The molecular weight excluding hydrogens is 262 g/mol. The highest BCUT2D eigenvalue weighted by Gasteiger charge is 2.18. The summed E-state index contributed by atoms with van der Waals surface area (Å²) in [6.07, 6.45) is 3.06. The number of nitrogens with two attached hydrogens (primary N) is 1. The van der Waals surface area contributed by atoms with Crippen LogP contribution in [-0.2, 0) is 17.8 Å². The molecule has 0 fully saturated rings. The van der Waals surface area contributed by atoms with E-state index in [9.17, 15) is 0 Å². The summed E-state index contributed by atoms with van der Waals surface area (Å²) in [5, 5.41) is 13.8. The highest BCUT2D eigenvalue weighted by Crippen LogP contribution is 2.27. The predicted octanol–water partition coefficient (Wildman–Crippen LogP) is 1.64. The van der Waals surface area contributed by atoms with Gasteiger partial charge in [-0.1, -0.05) is 25.2 Å². The van der Waals surface area contributed by atoms with Crippen LogP contribution in [-0.4, -0.2) is 33.5 Å². The Morgan fingerprint density at radius 2 is 2.11 bits per heavy atom. The van der Waals surface area contributed by atoms with Gasteiger partial charge in [0.15, 0.2) is 5.82 Å². The number of aryl methyl sites for hydroxylation is 1. The fourth-order valence-electron chi connectivity index (χ4n) is 1.98. The van der Waals surface area contributed by atoms with Crippen LogP contribution in [0.5, 0.6) is 0 Å². The maximum atomic E-state index is 5.63. The molecule has 2 rings (SSSR count). The second-order valence-electron chi connectivity index (χ2n) is 5.44. The number of ether oxygens (including phenoxy) is 1. The monoisotopic (exact) mass is 283 g/mol. The number of aromatic nitrogens is 4. The molecule has 0 spiro atoms. The quantitative estimate of drug-likeness (QED) is 0.835. The highest BCUT2D eigenvalue weighted by atomic mass is 32.1. The average Bonchev–Trinajstić information content (AvgIpc) is 2.89. The van der Waals surface area contributed by atoms with Gasteiger partial charge in [0.25, 0.3) is 0 Å². The van der Waals surface area contributed by atoms with Crippen LogP contribution in [0, 0.1) is 5.41 Å². The lowest BCUT2D eigenvalue weighted by Gasteiger charge is -2.22. The van der Waals surface area contributed by atoms with E-state index in [1.165, 1.54) is 0 Å². The lowest BCUT2D eigenvalue weighted by molar-refractivity contribution is 0.176. The Labute approximate surface area is 117 Å². The second kappa shape index (κ2) is 5.94. The van der Waals surface area contributed by atoms with E-state index in [1.54, 1.807) is 23.0 Å². The van der Waals surface area contributed by atoms with Crippen molar-refractivity contribution in [3.8, 4) is 0 Å². The molecular formula is C12H21N5OS. The molecule has 0 bridgehead atoms. The van der Waals surface area contributed by atoms with Crippen molar-refractivity contribution in [3.63, 3.8) is 0 Å². The Hall–Kier alpha value is -1.05. The standard InChI is InChI=1S/C12H21N5OS/c1-12(2,6-7-13)5-4-10-16-17-9(8-18-3)14-15-11(17)19-10/h4-8,13H2,1-3H3. The Morgan fingerprint density at radius 3 is 2.79 bits per heavy atom. The molecule has 0 aliphatic rings. The van der Waals surface area contributed by atoms with Crippen molar-refractivity contribution in [2.45, 2.75) is 39.7 Å². The molecule has 7 heteroatoms. The molecule has 0 radical (unpaired) electrons. The second-order valence-corrected chi connectivity index (χ2v) is 6.48. The van der Waals surface area contributed by atoms with Gasteiger partial charge in [0.05, 0.1) is 0 Å². The van der Waals surface area contributed by atoms with Crippen LogP contribution in [0.15, 0.2) is 0 Å². The van der Waals surface area contributed by atoms with Crippen molar-refractivity contribution < 1.29 is 4.74 Å². The van der Waals surface area contributed by atoms with Gasteiger partial charge >= 0.3 is 0 Å². The SMILES string of the molecule is COCc1nnc2sc(CCC(C)(C)CCN)nn12. The maximum absolute atomic E-state index is 5.63. The third kappa shape index (κ3) is 3.49. The van der Waals surface area contributed by atoms with Gasteiger partial charge in [-0.25, -0.2) is 0 Å². The van der Waals surface area contributed by atoms with Crippen molar-refractivity contribution in [1.29, 1.82) is 0 Å². The zero-order valence-electron chi connectivity index (χ0n) is 11.7. The molecule has 2 aromatic rings. The smallest absolute Gasteiger partial charge is 0.234 e. The van der Waals surface area contributed by atoms with E-state index in [0.717, 1.165) is 41.6 Å². The van der Waals surface area contributed by atoms with Gasteiger partial charge in [0.2, 0.25) is 4.96 Å². The van der Waals surface area contributed by atoms with Gasteiger partial charge in [0.1, 0.15) is 11.6 Å². The van der Waals surface area contributed by atoms with E-state index >= 15 is 0 Å². The van der Waals surface area contributed by atoms with Crippen molar-refractivity contribution >= 4 is 16.3 Å². The fourth-order valence-corrected chi connectivity index (χ4v) is 2.83. The van der Waals surface area contributed by atoms with E-state index in [0.29, 0.717) is 6.61 Å². The molecule has 19 heavy (non-hydrogen) atoms. The fraction of sp³-hybridized carbons (Fsp3) is 0.750. The molecule has 2 heterocycles.